The van der Waals surface area contributed by atoms with Crippen LogP contribution in [0.2, 0.25) is 0 Å². The zero-order valence-corrected chi connectivity index (χ0v) is 10.1. The van der Waals surface area contributed by atoms with Crippen LogP contribution < -0.4 is 5.30 Å². The Kier molecular flexibility index (Phi) is 2.96. The van der Waals surface area contributed by atoms with E-state index in [0.29, 0.717) is 0 Å². The molecule has 1 saturated heterocycles. The predicted molar refractivity (Wildman–Crippen MR) is 68.3 cm³/mol. The Morgan fingerprint density at radius 1 is 1.08 bits per heavy atom. The van der Waals surface area contributed by atoms with Gasteiger partial charge in [0.25, 0.3) is 0 Å². The van der Waals surface area contributed by atoms with Gasteiger partial charge in [-0.15, -0.1) is 0 Å². The summed E-state index contributed by atoms with van der Waals surface area (Å²) in [5, 5.41) is 1.46. The van der Waals surface area contributed by atoms with Gasteiger partial charge in [-0.1, -0.05) is 0 Å². The van der Waals surface area contributed by atoms with Crippen LogP contribution in [0.3, 0.4) is 0 Å². The molecule has 0 aliphatic carbocycles. The molecule has 0 nitrogen and oxygen atoms in total. The van der Waals surface area contributed by atoms with E-state index < -0.39 is 4.87 Å². The van der Waals surface area contributed by atoms with Gasteiger partial charge in [-0.2, -0.15) is 0 Å². The Labute approximate surface area is 86.9 Å². The van der Waals surface area contributed by atoms with E-state index in [1.807, 2.05) is 0 Å². The van der Waals surface area contributed by atoms with Crippen LogP contribution in [0, 0.1) is 0 Å². The first-order chi connectivity index (χ1) is 5.81. The number of hydrogen-bond acceptors (Lipinski definition) is 3. The van der Waals surface area contributed by atoms with Crippen molar-refractivity contribution in [2.45, 2.75) is 0 Å². The molecule has 0 unspecified atom stereocenters. The monoisotopic (exact) mass is 234 g/mol. The van der Waals surface area contributed by atoms with Gasteiger partial charge in [0, 0.05) is 0 Å². The summed E-state index contributed by atoms with van der Waals surface area (Å²) < 4.78 is 0. The zero-order chi connectivity index (χ0) is 8.44. The van der Waals surface area contributed by atoms with Gasteiger partial charge < -0.3 is 0 Å². The van der Waals surface area contributed by atoms with E-state index in [1.165, 1.54) is 16.8 Å². The molecule has 1 aliphatic rings. The van der Waals surface area contributed by atoms with Crippen LogP contribution in [-0.2, 0) is 0 Å². The second-order valence-electron chi connectivity index (χ2n) is 2.64. The zero-order valence-electron chi connectivity index (χ0n) is 6.56. The number of benzene rings is 1. The van der Waals surface area contributed by atoms with Crippen LogP contribution in [0.5, 0.6) is 0 Å². The van der Waals surface area contributed by atoms with E-state index >= 15 is 0 Å². The summed E-state index contributed by atoms with van der Waals surface area (Å²) in [5.74, 6) is 2.55. The van der Waals surface area contributed by atoms with Crippen molar-refractivity contribution in [2.75, 3.05) is 11.5 Å². The van der Waals surface area contributed by atoms with Crippen molar-refractivity contribution in [1.29, 1.82) is 0 Å². The van der Waals surface area contributed by atoms with Crippen molar-refractivity contribution < 1.29 is 0 Å². The van der Waals surface area contributed by atoms with Crippen LogP contribution in [-0.4, -0.2) is 11.5 Å². The van der Waals surface area contributed by atoms with Gasteiger partial charge in [0.15, 0.2) is 0 Å². The first kappa shape index (κ1) is 9.26. The van der Waals surface area contributed by atoms with E-state index in [4.69, 9.17) is 12.2 Å². The standard InChI is InChI=1S/C8H11PS3/c10-9(11-6-7-12-9)8-4-2-1-3-5-8/h1-5,9-10H,6-7H2. The van der Waals surface area contributed by atoms with Crippen LogP contribution in [0.4, 0.5) is 0 Å². The van der Waals surface area contributed by atoms with Gasteiger partial charge in [0.1, 0.15) is 0 Å². The second kappa shape index (κ2) is 3.83. The molecule has 0 radical (unpaired) electrons. The SMILES string of the molecule is S[PH]1(c2ccccc2)SCCS1. The normalized spacial score (nSPS) is 23.8. The number of rotatable bonds is 1. The van der Waals surface area contributed by atoms with E-state index in [9.17, 15) is 0 Å². The third kappa shape index (κ3) is 1.79. The van der Waals surface area contributed by atoms with E-state index in [-0.39, 0.29) is 0 Å². The molecule has 0 bridgehead atoms. The molecule has 0 aromatic heterocycles. The Hall–Kier alpha value is 0.700. The molecule has 0 saturated carbocycles. The van der Waals surface area contributed by atoms with Crippen molar-refractivity contribution in [3.8, 4) is 0 Å². The summed E-state index contributed by atoms with van der Waals surface area (Å²) in [6.45, 7) is 0. The molecule has 66 valence electrons. The second-order valence-corrected chi connectivity index (χ2v) is 15.8. The quantitative estimate of drug-likeness (QED) is 0.585. The summed E-state index contributed by atoms with van der Waals surface area (Å²) in [5.41, 5.74) is 0. The minimum absolute atomic E-state index is 1.27. The summed E-state index contributed by atoms with van der Waals surface area (Å²) in [4.78, 5) is -1.43. The molecular weight excluding hydrogens is 223 g/mol. The maximum absolute atomic E-state index is 4.84. The van der Waals surface area contributed by atoms with Crippen molar-refractivity contribution in [2.24, 2.45) is 0 Å². The fraction of sp³-hybridized carbons (Fsp3) is 0.250. The third-order valence-corrected chi connectivity index (χ3v) is 14.9. The third-order valence-electron chi connectivity index (χ3n) is 1.82. The molecule has 1 aromatic carbocycles. The minimum atomic E-state index is -1.43. The van der Waals surface area contributed by atoms with E-state index in [0.717, 1.165) is 0 Å². The van der Waals surface area contributed by atoms with Gasteiger partial charge >= 0.3 is 87.0 Å². The van der Waals surface area contributed by atoms with Gasteiger partial charge in [-0.3, -0.25) is 0 Å². The maximum atomic E-state index is 4.84. The molecule has 0 atom stereocenters. The summed E-state index contributed by atoms with van der Waals surface area (Å²) in [7, 11) is 0. The molecule has 0 N–H and O–H groups in total. The molecule has 1 aliphatic heterocycles. The topological polar surface area (TPSA) is 0 Å². The average molecular weight is 234 g/mol. The molecule has 1 fully saturated rings. The molecule has 4 heteroatoms. The van der Waals surface area contributed by atoms with Crippen LogP contribution in [0.25, 0.3) is 0 Å². The molecule has 1 aromatic rings. The van der Waals surface area contributed by atoms with Crippen molar-refractivity contribution in [1.82, 2.24) is 0 Å². The van der Waals surface area contributed by atoms with Crippen LogP contribution in [0.15, 0.2) is 30.3 Å². The first-order valence-corrected chi connectivity index (χ1v) is 10.6. The fourth-order valence-electron chi connectivity index (χ4n) is 1.22. The summed E-state index contributed by atoms with van der Waals surface area (Å²) in [6.07, 6.45) is 0. The molecule has 1 heterocycles. The number of hydrogen-bond donors (Lipinski definition) is 1. The molecule has 2 rings (SSSR count). The Bertz CT molecular complexity index is 256. The average Bonchev–Trinajstić information content (AvgIpc) is 2.55. The number of thiol groups is 1. The van der Waals surface area contributed by atoms with E-state index in [1.54, 1.807) is 0 Å². The first-order valence-electron chi connectivity index (χ1n) is 3.87. The van der Waals surface area contributed by atoms with Crippen molar-refractivity contribution in [3.63, 3.8) is 0 Å². The molecule has 0 spiro atoms. The Balaban J connectivity index is 2.29. The van der Waals surface area contributed by atoms with Gasteiger partial charge in [-0.25, -0.2) is 0 Å². The molecule has 0 amide bonds. The molecule has 12 heavy (non-hydrogen) atoms. The predicted octanol–water partition coefficient (Wildman–Crippen LogP) is 3.22. The van der Waals surface area contributed by atoms with Gasteiger partial charge in [-0.05, 0) is 0 Å². The fourth-order valence-corrected chi connectivity index (χ4v) is 13.0. The van der Waals surface area contributed by atoms with Crippen molar-refractivity contribution in [3.05, 3.63) is 30.3 Å². The summed E-state index contributed by atoms with van der Waals surface area (Å²) >= 11 is 8.96. The Morgan fingerprint density at radius 3 is 2.25 bits per heavy atom. The van der Waals surface area contributed by atoms with Crippen LogP contribution in [0.1, 0.15) is 0 Å². The Morgan fingerprint density at radius 2 is 1.67 bits per heavy atom. The van der Waals surface area contributed by atoms with Crippen molar-refractivity contribution >= 4 is 45.2 Å². The van der Waals surface area contributed by atoms with E-state index in [2.05, 4.69) is 53.1 Å². The van der Waals surface area contributed by atoms with Crippen LogP contribution >= 0.6 is 39.9 Å². The summed E-state index contributed by atoms with van der Waals surface area (Å²) in [6, 6.07) is 10.7. The van der Waals surface area contributed by atoms with Gasteiger partial charge in [0.05, 0.1) is 0 Å². The van der Waals surface area contributed by atoms with Gasteiger partial charge in [0.2, 0.25) is 0 Å². The molecular formula is C8H11PS3.